The fourth-order valence-corrected chi connectivity index (χ4v) is 6.95. The second kappa shape index (κ2) is 11.5. The van der Waals surface area contributed by atoms with Gasteiger partial charge in [-0.2, -0.15) is 0 Å². The predicted molar refractivity (Wildman–Crippen MR) is 171 cm³/mol. The van der Waals surface area contributed by atoms with Crippen LogP contribution in [0.3, 0.4) is 0 Å². The van der Waals surface area contributed by atoms with Crippen LogP contribution in [-0.2, 0) is 26.6 Å². The number of carbonyl (C=O) groups is 1. The van der Waals surface area contributed by atoms with Crippen molar-refractivity contribution < 1.29 is 30.4 Å². The summed E-state index contributed by atoms with van der Waals surface area (Å²) in [6, 6.07) is 21.4. The van der Waals surface area contributed by atoms with E-state index >= 15 is 4.39 Å². The molecule has 3 N–H and O–H groups in total. The van der Waals surface area contributed by atoms with Gasteiger partial charge in [0.15, 0.2) is 0 Å². The van der Waals surface area contributed by atoms with E-state index in [9.17, 15) is 30.8 Å². The molecule has 4 aromatic carbocycles. The number of hydrogen-bond donors (Lipinski definition) is 3. The zero-order chi connectivity index (χ0) is 32.8. The SMILES string of the molecule is CS(=O)(=O)Nc1cccc(S(=O)(=O)NC(=O)c2c(-c3ccc[nH]c3=O)c3c4ccccc4ccc3n2Cc2ccc(F)cc2F)c1. The third-order valence-corrected chi connectivity index (χ3v) is 9.21. The van der Waals surface area contributed by atoms with Crippen molar-refractivity contribution in [1.82, 2.24) is 14.3 Å². The molecule has 2 aromatic heterocycles. The molecule has 0 aliphatic heterocycles. The van der Waals surface area contributed by atoms with Gasteiger partial charge in [-0.3, -0.25) is 14.3 Å². The second-order valence-electron chi connectivity index (χ2n) is 10.5. The topological polar surface area (TPSA) is 147 Å². The van der Waals surface area contributed by atoms with Crippen molar-refractivity contribution in [3.8, 4) is 11.1 Å². The molecule has 1 amide bonds. The molecular formula is C32H24F2N4O6S2. The molecule has 0 saturated heterocycles. The van der Waals surface area contributed by atoms with E-state index in [1.807, 2.05) is 10.8 Å². The molecule has 0 unspecified atom stereocenters. The van der Waals surface area contributed by atoms with Crippen molar-refractivity contribution >= 4 is 53.3 Å². The summed E-state index contributed by atoms with van der Waals surface area (Å²) in [6.45, 7) is -0.331. The molecular weight excluding hydrogens is 639 g/mol. The minimum Gasteiger partial charge on any atom is -0.331 e. The number of carbonyl (C=O) groups excluding carboxylic acids is 1. The van der Waals surface area contributed by atoms with E-state index in [-0.39, 0.29) is 34.6 Å². The standard InChI is InChI=1S/C32H24F2N4O6S2/c1-45(41,42)36-22-7-4-8-23(17-22)46(43,44)37-32(40)30-29(25-10-5-15-35-31(25)39)28-24-9-3-2-6-19(24)12-14-27(28)38(30)18-20-11-13-21(33)16-26(20)34/h2-17,36H,18H2,1H3,(H,35,39)(H,37,40). The fourth-order valence-electron chi connectivity index (χ4n) is 5.39. The van der Waals surface area contributed by atoms with Crippen molar-refractivity contribution in [1.29, 1.82) is 0 Å². The molecule has 0 aliphatic rings. The molecule has 0 radical (unpaired) electrons. The summed E-state index contributed by atoms with van der Waals surface area (Å²) in [7, 11) is -8.38. The van der Waals surface area contributed by atoms with Crippen LogP contribution < -0.4 is 15.0 Å². The molecule has 14 heteroatoms. The maximum Gasteiger partial charge on any atom is 0.282 e. The zero-order valence-corrected chi connectivity index (χ0v) is 25.5. The quantitative estimate of drug-likeness (QED) is 0.210. The number of nitrogens with zero attached hydrogens (tertiary/aromatic N) is 1. The van der Waals surface area contributed by atoms with E-state index in [1.165, 1.54) is 41.1 Å². The van der Waals surface area contributed by atoms with E-state index in [0.29, 0.717) is 22.4 Å². The number of halogens is 2. The Bertz CT molecular complexity index is 2470. The van der Waals surface area contributed by atoms with Gasteiger partial charge in [0, 0.05) is 40.0 Å². The molecule has 6 rings (SSSR count). The number of aromatic amines is 1. The van der Waals surface area contributed by atoms with Crippen LogP contribution in [0.5, 0.6) is 0 Å². The van der Waals surface area contributed by atoms with Gasteiger partial charge in [0.25, 0.3) is 21.5 Å². The van der Waals surface area contributed by atoms with E-state index < -0.39 is 48.0 Å². The Hall–Kier alpha value is -5.34. The highest BCUT2D eigenvalue weighted by Crippen LogP contribution is 2.39. The van der Waals surface area contributed by atoms with Gasteiger partial charge in [0.2, 0.25) is 10.0 Å². The average Bonchev–Trinajstić information content (AvgIpc) is 3.32. The van der Waals surface area contributed by atoms with Crippen LogP contribution in [0.2, 0.25) is 0 Å². The predicted octanol–water partition coefficient (Wildman–Crippen LogP) is 4.97. The summed E-state index contributed by atoms with van der Waals surface area (Å²) < 4.78 is 85.0. The van der Waals surface area contributed by atoms with E-state index in [4.69, 9.17) is 0 Å². The molecule has 234 valence electrons. The van der Waals surface area contributed by atoms with Crippen molar-refractivity contribution in [2.45, 2.75) is 11.4 Å². The molecule has 0 aliphatic carbocycles. The van der Waals surface area contributed by atoms with Crippen LogP contribution in [0, 0.1) is 11.6 Å². The first kappa shape index (κ1) is 30.7. The lowest BCUT2D eigenvalue weighted by Crippen LogP contribution is -2.33. The highest BCUT2D eigenvalue weighted by atomic mass is 32.2. The van der Waals surface area contributed by atoms with E-state index in [0.717, 1.165) is 23.8 Å². The molecule has 0 spiro atoms. The van der Waals surface area contributed by atoms with Gasteiger partial charge in [-0.25, -0.2) is 30.3 Å². The minimum atomic E-state index is -4.64. The van der Waals surface area contributed by atoms with Crippen molar-refractivity contribution in [2.24, 2.45) is 0 Å². The Balaban J connectivity index is 1.61. The number of anilines is 1. The van der Waals surface area contributed by atoms with Crippen LogP contribution in [0.4, 0.5) is 14.5 Å². The molecule has 0 atom stereocenters. The van der Waals surface area contributed by atoms with Crippen LogP contribution in [0.15, 0.2) is 107 Å². The maximum absolute atomic E-state index is 15.0. The lowest BCUT2D eigenvalue weighted by molar-refractivity contribution is 0.0974. The average molecular weight is 663 g/mol. The summed E-state index contributed by atoms with van der Waals surface area (Å²) in [5.74, 6) is -2.85. The van der Waals surface area contributed by atoms with Gasteiger partial charge < -0.3 is 9.55 Å². The Morgan fingerprint density at radius 1 is 0.891 bits per heavy atom. The molecule has 2 heterocycles. The molecule has 10 nitrogen and oxygen atoms in total. The number of amides is 1. The van der Waals surface area contributed by atoms with Gasteiger partial charge in [-0.15, -0.1) is 0 Å². The maximum atomic E-state index is 15.0. The van der Waals surface area contributed by atoms with Crippen LogP contribution in [0.1, 0.15) is 16.1 Å². The van der Waals surface area contributed by atoms with Crippen molar-refractivity contribution in [3.05, 3.63) is 130 Å². The van der Waals surface area contributed by atoms with Crippen LogP contribution >= 0.6 is 0 Å². The first-order chi connectivity index (χ1) is 21.8. The fraction of sp³-hybridized carbons (Fsp3) is 0.0625. The Morgan fingerprint density at radius 3 is 2.41 bits per heavy atom. The summed E-state index contributed by atoms with van der Waals surface area (Å²) >= 11 is 0. The van der Waals surface area contributed by atoms with Crippen molar-refractivity contribution in [2.75, 3.05) is 11.0 Å². The Morgan fingerprint density at radius 2 is 1.67 bits per heavy atom. The number of aromatic nitrogens is 2. The summed E-state index contributed by atoms with van der Waals surface area (Å²) in [4.78, 5) is 29.6. The summed E-state index contributed by atoms with van der Waals surface area (Å²) in [5.41, 5.74) is -0.388. The van der Waals surface area contributed by atoms with Crippen LogP contribution in [0.25, 0.3) is 32.8 Å². The molecule has 0 saturated carbocycles. The lowest BCUT2D eigenvalue weighted by atomic mass is 9.98. The van der Waals surface area contributed by atoms with E-state index in [2.05, 4.69) is 9.71 Å². The highest BCUT2D eigenvalue weighted by molar-refractivity contribution is 7.92. The van der Waals surface area contributed by atoms with Crippen LogP contribution in [-0.4, -0.2) is 38.5 Å². The highest BCUT2D eigenvalue weighted by Gasteiger charge is 2.30. The Kier molecular flexibility index (Phi) is 7.70. The molecule has 6 aromatic rings. The van der Waals surface area contributed by atoms with Gasteiger partial charge in [0.1, 0.15) is 17.3 Å². The number of fused-ring (bicyclic) bond motifs is 3. The Labute approximate surface area is 261 Å². The number of hydrogen-bond acceptors (Lipinski definition) is 6. The zero-order valence-electron chi connectivity index (χ0n) is 23.9. The number of rotatable bonds is 8. The lowest BCUT2D eigenvalue weighted by Gasteiger charge is -2.14. The third-order valence-electron chi connectivity index (χ3n) is 7.28. The number of H-pyrrole nitrogens is 1. The molecule has 0 bridgehead atoms. The minimum absolute atomic E-state index is 0.00330. The normalized spacial score (nSPS) is 12.0. The first-order valence-corrected chi connectivity index (χ1v) is 17.0. The second-order valence-corrected chi connectivity index (χ2v) is 13.9. The number of nitrogens with one attached hydrogen (secondary N) is 3. The third kappa shape index (κ3) is 5.87. The van der Waals surface area contributed by atoms with E-state index in [1.54, 1.807) is 36.4 Å². The van der Waals surface area contributed by atoms with Crippen molar-refractivity contribution in [3.63, 3.8) is 0 Å². The largest absolute Gasteiger partial charge is 0.331 e. The number of sulfonamides is 2. The summed E-state index contributed by atoms with van der Waals surface area (Å²) in [6.07, 6.45) is 2.30. The van der Waals surface area contributed by atoms with Gasteiger partial charge >= 0.3 is 0 Å². The first-order valence-electron chi connectivity index (χ1n) is 13.6. The monoisotopic (exact) mass is 662 g/mol. The summed E-state index contributed by atoms with van der Waals surface area (Å²) in [5, 5.41) is 1.82. The number of pyridine rings is 1. The molecule has 46 heavy (non-hydrogen) atoms. The van der Waals surface area contributed by atoms with Gasteiger partial charge in [-0.05, 0) is 53.2 Å². The van der Waals surface area contributed by atoms with Gasteiger partial charge in [-0.1, -0.05) is 42.5 Å². The van der Waals surface area contributed by atoms with Gasteiger partial charge in [0.05, 0.1) is 23.2 Å². The molecule has 0 fully saturated rings. The number of benzene rings is 4. The smallest absolute Gasteiger partial charge is 0.282 e.